The summed E-state index contributed by atoms with van der Waals surface area (Å²) in [5.74, 6) is -3.08. The third kappa shape index (κ3) is 4.41. The number of hydrogen-bond donors (Lipinski definition) is 3. The molecule has 1 unspecified atom stereocenters. The lowest BCUT2D eigenvalue weighted by Crippen LogP contribution is -2.44. The fourth-order valence-corrected chi connectivity index (χ4v) is 3.23. The summed E-state index contributed by atoms with van der Waals surface area (Å²) in [6, 6.07) is -0.416. The van der Waals surface area contributed by atoms with Gasteiger partial charge in [0.15, 0.2) is 5.69 Å². The fourth-order valence-electron chi connectivity index (χ4n) is 2.78. The van der Waals surface area contributed by atoms with Crippen LogP contribution in [-0.4, -0.2) is 29.5 Å². The molecule has 1 saturated heterocycles. The Labute approximate surface area is 175 Å². The number of aromatic nitrogens is 1. The number of halogens is 7. The van der Waals surface area contributed by atoms with Crippen LogP contribution in [0.5, 0.6) is 0 Å². The molecule has 3 rings (SSSR count). The van der Waals surface area contributed by atoms with Gasteiger partial charge in [-0.2, -0.15) is 13.2 Å². The molecule has 13 heteroatoms. The van der Waals surface area contributed by atoms with Crippen molar-refractivity contribution in [1.82, 2.24) is 20.9 Å². The SMILES string of the molecule is O=C1NC[C@@H](C(=O)NC(c2cnc(C(F)(F)F)c(Cl)c2)c2ccc(F)c(Cl)c2F)N1. The Morgan fingerprint density at radius 1 is 1.27 bits per heavy atom. The van der Waals surface area contributed by atoms with Crippen molar-refractivity contribution in [1.29, 1.82) is 0 Å². The van der Waals surface area contributed by atoms with E-state index in [9.17, 15) is 31.5 Å². The van der Waals surface area contributed by atoms with Gasteiger partial charge in [-0.25, -0.2) is 18.6 Å². The van der Waals surface area contributed by atoms with Gasteiger partial charge in [0.2, 0.25) is 5.91 Å². The number of pyridine rings is 1. The van der Waals surface area contributed by atoms with Crippen molar-refractivity contribution >= 4 is 35.1 Å². The summed E-state index contributed by atoms with van der Waals surface area (Å²) in [6.45, 7) is -0.0734. The Kier molecular flexibility index (Phi) is 6.04. The number of nitrogens with one attached hydrogen (secondary N) is 3. The lowest BCUT2D eigenvalue weighted by Gasteiger charge is -2.23. The van der Waals surface area contributed by atoms with Gasteiger partial charge in [-0.3, -0.25) is 4.79 Å². The van der Waals surface area contributed by atoms with Crippen molar-refractivity contribution in [2.75, 3.05) is 6.54 Å². The molecular weight excluding hydrogens is 458 g/mol. The van der Waals surface area contributed by atoms with Gasteiger partial charge in [-0.05, 0) is 17.7 Å². The predicted octanol–water partition coefficient (Wildman–Crippen LogP) is 3.57. The highest BCUT2D eigenvalue weighted by Crippen LogP contribution is 2.36. The highest BCUT2D eigenvalue weighted by molar-refractivity contribution is 6.31. The molecule has 1 fully saturated rings. The van der Waals surface area contributed by atoms with Crippen molar-refractivity contribution in [3.63, 3.8) is 0 Å². The van der Waals surface area contributed by atoms with Crippen molar-refractivity contribution in [3.05, 3.63) is 62.9 Å². The van der Waals surface area contributed by atoms with E-state index >= 15 is 0 Å². The number of hydrogen-bond acceptors (Lipinski definition) is 3. The van der Waals surface area contributed by atoms with E-state index in [0.29, 0.717) is 0 Å². The fraction of sp³-hybridized carbons (Fsp3) is 0.235. The Bertz CT molecular complexity index is 1020. The number of carbonyl (C=O) groups is 2. The minimum absolute atomic E-state index is 0.0734. The van der Waals surface area contributed by atoms with E-state index in [4.69, 9.17) is 23.2 Å². The first-order chi connectivity index (χ1) is 14.0. The van der Waals surface area contributed by atoms with Crippen molar-refractivity contribution in [2.24, 2.45) is 0 Å². The van der Waals surface area contributed by atoms with E-state index in [2.05, 4.69) is 20.9 Å². The maximum absolute atomic E-state index is 14.6. The van der Waals surface area contributed by atoms with Gasteiger partial charge in [0.05, 0.1) is 11.1 Å². The molecule has 3 N–H and O–H groups in total. The summed E-state index contributed by atoms with van der Waals surface area (Å²) in [7, 11) is 0. The quantitative estimate of drug-likeness (QED) is 0.473. The van der Waals surface area contributed by atoms with Crippen molar-refractivity contribution < 1.29 is 31.5 Å². The van der Waals surface area contributed by atoms with Crippen LogP contribution < -0.4 is 16.0 Å². The molecule has 1 aromatic heterocycles. The number of rotatable bonds is 4. The van der Waals surface area contributed by atoms with E-state index in [0.717, 1.165) is 24.4 Å². The zero-order chi connectivity index (χ0) is 22.2. The first-order valence-electron chi connectivity index (χ1n) is 8.19. The van der Waals surface area contributed by atoms with E-state index in [1.807, 2.05) is 0 Å². The normalized spacial score (nSPS) is 17.3. The topological polar surface area (TPSA) is 83.1 Å². The molecule has 0 spiro atoms. The van der Waals surface area contributed by atoms with Gasteiger partial charge >= 0.3 is 12.2 Å². The smallest absolute Gasteiger partial charge is 0.343 e. The van der Waals surface area contributed by atoms with Crippen LogP contribution in [0.4, 0.5) is 26.7 Å². The molecule has 0 radical (unpaired) electrons. The summed E-state index contributed by atoms with van der Waals surface area (Å²) in [6.07, 6.45) is -4.08. The molecule has 1 aliphatic heterocycles. The molecule has 6 nitrogen and oxygen atoms in total. The molecule has 0 saturated carbocycles. The van der Waals surface area contributed by atoms with Gasteiger partial charge in [-0.15, -0.1) is 0 Å². The van der Waals surface area contributed by atoms with Crippen LogP contribution in [0.2, 0.25) is 10.0 Å². The molecule has 30 heavy (non-hydrogen) atoms. The number of alkyl halides is 3. The molecule has 160 valence electrons. The Morgan fingerprint density at radius 3 is 2.53 bits per heavy atom. The van der Waals surface area contributed by atoms with Gasteiger partial charge < -0.3 is 16.0 Å². The maximum Gasteiger partial charge on any atom is 0.434 e. The van der Waals surface area contributed by atoms with E-state index in [1.54, 1.807) is 0 Å². The molecule has 2 atom stereocenters. The second kappa shape index (κ2) is 8.23. The Morgan fingerprint density at radius 2 is 1.97 bits per heavy atom. The van der Waals surface area contributed by atoms with Crippen LogP contribution in [0.25, 0.3) is 0 Å². The summed E-state index contributed by atoms with van der Waals surface area (Å²) >= 11 is 11.3. The molecule has 1 aromatic carbocycles. The zero-order valence-corrected chi connectivity index (χ0v) is 16.1. The van der Waals surface area contributed by atoms with E-state index < -0.39 is 57.6 Å². The minimum Gasteiger partial charge on any atom is -0.343 e. The van der Waals surface area contributed by atoms with Crippen LogP contribution >= 0.6 is 23.2 Å². The van der Waals surface area contributed by atoms with Gasteiger partial charge in [-0.1, -0.05) is 29.3 Å². The average Bonchev–Trinajstić information content (AvgIpc) is 3.10. The second-order valence-electron chi connectivity index (χ2n) is 6.21. The summed E-state index contributed by atoms with van der Waals surface area (Å²) in [5, 5.41) is 5.39. The monoisotopic (exact) mass is 468 g/mol. The molecular formula is C17H11Cl2F5N4O2. The third-order valence-corrected chi connectivity index (χ3v) is 4.85. The van der Waals surface area contributed by atoms with Crippen LogP contribution in [0, 0.1) is 11.6 Å². The van der Waals surface area contributed by atoms with Crippen molar-refractivity contribution in [2.45, 2.75) is 18.3 Å². The lowest BCUT2D eigenvalue weighted by atomic mass is 9.98. The number of amides is 3. The average molecular weight is 469 g/mol. The van der Waals surface area contributed by atoms with Gasteiger partial charge in [0, 0.05) is 18.3 Å². The van der Waals surface area contributed by atoms with Crippen LogP contribution in [-0.2, 0) is 11.0 Å². The number of benzene rings is 1. The molecule has 0 bridgehead atoms. The minimum atomic E-state index is -4.83. The van der Waals surface area contributed by atoms with Crippen LogP contribution in [0.3, 0.4) is 0 Å². The summed E-state index contributed by atoms with van der Waals surface area (Å²) in [5.41, 5.74) is -1.84. The Hall–Kier alpha value is -2.66. The van der Waals surface area contributed by atoms with Crippen molar-refractivity contribution in [3.8, 4) is 0 Å². The van der Waals surface area contributed by atoms with E-state index in [-0.39, 0.29) is 17.7 Å². The number of nitrogens with zero attached hydrogens (tertiary/aromatic N) is 1. The van der Waals surface area contributed by atoms with Crippen LogP contribution in [0.1, 0.15) is 22.9 Å². The molecule has 2 heterocycles. The molecule has 0 aliphatic carbocycles. The molecule has 2 aromatic rings. The standard InChI is InChI=1S/C17H11Cl2F5N4O2/c18-8-3-6(4-25-14(8)17(22,23)24)13(7-1-2-9(20)11(19)12(7)21)28-15(29)10-5-26-16(30)27-10/h1-4,10,13H,5H2,(H,28,29)(H2,26,27,30)/t10-,13?/m0/s1. The first kappa shape index (κ1) is 22.0. The zero-order valence-electron chi connectivity index (χ0n) is 14.6. The highest BCUT2D eigenvalue weighted by Gasteiger charge is 2.36. The van der Waals surface area contributed by atoms with E-state index in [1.165, 1.54) is 0 Å². The molecule has 1 aliphatic rings. The number of carbonyl (C=O) groups excluding carboxylic acids is 2. The second-order valence-corrected chi connectivity index (χ2v) is 7.00. The lowest BCUT2D eigenvalue weighted by molar-refractivity contribution is -0.141. The maximum atomic E-state index is 14.6. The summed E-state index contributed by atoms with van der Waals surface area (Å²) in [4.78, 5) is 27.0. The largest absolute Gasteiger partial charge is 0.434 e. The van der Waals surface area contributed by atoms with Crippen LogP contribution in [0.15, 0.2) is 24.4 Å². The molecule has 3 amide bonds. The highest BCUT2D eigenvalue weighted by atomic mass is 35.5. The summed E-state index contributed by atoms with van der Waals surface area (Å²) < 4.78 is 67.0. The Balaban J connectivity index is 2.04. The number of urea groups is 1. The first-order valence-corrected chi connectivity index (χ1v) is 8.95. The van der Waals surface area contributed by atoms with Gasteiger partial charge in [0.1, 0.15) is 22.7 Å². The predicted molar refractivity (Wildman–Crippen MR) is 95.9 cm³/mol. The van der Waals surface area contributed by atoms with Gasteiger partial charge in [0.25, 0.3) is 0 Å². The third-order valence-electron chi connectivity index (χ3n) is 4.22.